The largest absolute Gasteiger partial charge is 0.428 e. The Kier molecular flexibility index (Phi) is 2.88. The topological polar surface area (TPSA) is 75.5 Å². The van der Waals surface area contributed by atoms with Crippen molar-refractivity contribution in [1.29, 1.82) is 0 Å². The van der Waals surface area contributed by atoms with Crippen LogP contribution in [0, 0.1) is 0 Å². The summed E-state index contributed by atoms with van der Waals surface area (Å²) in [5.74, 6) is -0.0488. The van der Waals surface area contributed by atoms with Crippen molar-refractivity contribution in [3.8, 4) is 0 Å². The van der Waals surface area contributed by atoms with E-state index in [-0.39, 0.29) is 24.9 Å². The van der Waals surface area contributed by atoms with Crippen molar-refractivity contribution in [1.82, 2.24) is 4.90 Å². The number of piperidine rings is 1. The highest BCUT2D eigenvalue weighted by atomic mass is 19.4. The lowest BCUT2D eigenvalue weighted by molar-refractivity contribution is -0.253. The first-order chi connectivity index (χ1) is 9.27. The molecule has 0 saturated carbocycles. The third kappa shape index (κ3) is 2.01. The van der Waals surface area contributed by atoms with Crippen LogP contribution in [0.15, 0.2) is 12.1 Å². The monoisotopic (exact) mass is 287 g/mol. The molecule has 0 spiro atoms. The van der Waals surface area contributed by atoms with E-state index < -0.39 is 12.4 Å². The fourth-order valence-corrected chi connectivity index (χ4v) is 3.37. The minimum absolute atomic E-state index is 0.0244. The molecular weight excluding hydrogens is 271 g/mol. The van der Waals surface area contributed by atoms with Crippen LogP contribution in [0.2, 0.25) is 0 Å². The minimum atomic E-state index is -4.62. The summed E-state index contributed by atoms with van der Waals surface area (Å²) in [6.07, 6.45) is -6.24. The number of hydrogen-bond acceptors (Lipinski definition) is 4. The Morgan fingerprint density at radius 1 is 1.10 bits per heavy atom. The van der Waals surface area contributed by atoms with E-state index in [4.69, 9.17) is 11.5 Å². The zero-order valence-corrected chi connectivity index (χ0v) is 10.7. The lowest BCUT2D eigenvalue weighted by Crippen LogP contribution is -2.49. The molecule has 110 valence electrons. The van der Waals surface area contributed by atoms with Gasteiger partial charge >= 0.3 is 6.18 Å². The van der Waals surface area contributed by atoms with E-state index in [0.717, 1.165) is 22.4 Å². The summed E-state index contributed by atoms with van der Waals surface area (Å²) in [4.78, 5) is 1.09. The standard InChI is InChI=1S/C13H16F3N3O/c14-13(15,16)12(20)19-4-6-1-7(5-19)9-3-11(18)10(17)2-8(6)9/h2-3,6-7,12,20H,1,4-5,17-18H2. The number of benzene rings is 1. The van der Waals surface area contributed by atoms with Crippen molar-refractivity contribution >= 4 is 11.4 Å². The summed E-state index contributed by atoms with van der Waals surface area (Å²) in [7, 11) is 0. The van der Waals surface area contributed by atoms with Gasteiger partial charge in [0.05, 0.1) is 11.4 Å². The minimum Gasteiger partial charge on any atom is -0.397 e. The normalized spacial score (nSPS) is 27.4. The molecule has 1 saturated heterocycles. The van der Waals surface area contributed by atoms with E-state index in [1.807, 2.05) is 0 Å². The van der Waals surface area contributed by atoms with E-state index in [1.165, 1.54) is 0 Å². The molecule has 1 aromatic carbocycles. The van der Waals surface area contributed by atoms with Crippen LogP contribution in [-0.2, 0) is 0 Å². The van der Waals surface area contributed by atoms with Gasteiger partial charge in [-0.1, -0.05) is 0 Å². The first-order valence-corrected chi connectivity index (χ1v) is 6.45. The SMILES string of the molecule is Nc1cc2c(cc1N)C1CC2CN(C(O)C(F)(F)F)C1. The summed E-state index contributed by atoms with van der Waals surface area (Å²) in [5.41, 5.74) is 14.4. The molecular formula is C13H16F3N3O. The van der Waals surface area contributed by atoms with Gasteiger partial charge in [-0.3, -0.25) is 4.90 Å². The predicted molar refractivity (Wildman–Crippen MR) is 69.0 cm³/mol. The van der Waals surface area contributed by atoms with Crippen LogP contribution in [0.5, 0.6) is 0 Å². The van der Waals surface area contributed by atoms with Gasteiger partial charge in [0.2, 0.25) is 6.23 Å². The number of nitrogens with zero attached hydrogens (tertiary/aromatic N) is 1. The van der Waals surface area contributed by atoms with Crippen LogP contribution in [0.1, 0.15) is 29.4 Å². The van der Waals surface area contributed by atoms with Crippen molar-refractivity contribution in [3.63, 3.8) is 0 Å². The quantitative estimate of drug-likeness (QED) is 0.686. The zero-order valence-electron chi connectivity index (χ0n) is 10.7. The summed E-state index contributed by atoms with van der Waals surface area (Å²) in [6.45, 7) is 0.376. The first-order valence-electron chi connectivity index (χ1n) is 6.45. The summed E-state index contributed by atoms with van der Waals surface area (Å²) in [5, 5.41) is 9.41. The highest BCUT2D eigenvalue weighted by Gasteiger charge is 2.47. The second kappa shape index (κ2) is 4.26. The average molecular weight is 287 g/mol. The van der Waals surface area contributed by atoms with Crippen molar-refractivity contribution in [2.75, 3.05) is 24.6 Å². The Hall–Kier alpha value is -1.47. The van der Waals surface area contributed by atoms with Gasteiger partial charge in [0.25, 0.3) is 0 Å². The Balaban J connectivity index is 1.90. The second-order valence-electron chi connectivity index (χ2n) is 5.61. The van der Waals surface area contributed by atoms with Gasteiger partial charge in [0.1, 0.15) is 0 Å². The molecule has 4 nitrogen and oxygen atoms in total. The molecule has 5 N–H and O–H groups in total. The van der Waals surface area contributed by atoms with Gasteiger partial charge < -0.3 is 16.6 Å². The molecule has 1 aliphatic heterocycles. The van der Waals surface area contributed by atoms with E-state index in [2.05, 4.69) is 0 Å². The van der Waals surface area contributed by atoms with Crippen LogP contribution in [0.25, 0.3) is 0 Å². The smallest absolute Gasteiger partial charge is 0.397 e. The lowest BCUT2D eigenvalue weighted by Gasteiger charge is -2.36. The number of nitrogens with two attached hydrogens (primary N) is 2. The maximum absolute atomic E-state index is 12.6. The number of aliphatic hydroxyl groups is 1. The van der Waals surface area contributed by atoms with E-state index in [9.17, 15) is 18.3 Å². The second-order valence-corrected chi connectivity index (χ2v) is 5.61. The highest BCUT2D eigenvalue weighted by molar-refractivity contribution is 5.68. The molecule has 1 aromatic rings. The van der Waals surface area contributed by atoms with Gasteiger partial charge in [-0.25, -0.2) is 0 Å². The summed E-state index contributed by atoms with van der Waals surface area (Å²) >= 11 is 0. The van der Waals surface area contributed by atoms with Crippen molar-refractivity contribution in [2.24, 2.45) is 0 Å². The number of likely N-dealkylation sites (tertiary alicyclic amines) is 1. The van der Waals surface area contributed by atoms with E-state index in [0.29, 0.717) is 11.4 Å². The Labute approximate surface area is 114 Å². The third-order valence-electron chi connectivity index (χ3n) is 4.29. The number of halogens is 3. The molecule has 0 amide bonds. The Morgan fingerprint density at radius 2 is 1.55 bits per heavy atom. The summed E-state index contributed by atoms with van der Waals surface area (Å²) in [6, 6.07) is 3.53. The van der Waals surface area contributed by atoms with Gasteiger partial charge in [-0.2, -0.15) is 13.2 Å². The predicted octanol–water partition coefficient (Wildman–Crippen LogP) is 1.62. The van der Waals surface area contributed by atoms with Crippen LogP contribution in [0.4, 0.5) is 24.5 Å². The molecule has 3 rings (SSSR count). The van der Waals surface area contributed by atoms with Crippen LogP contribution in [-0.4, -0.2) is 35.5 Å². The van der Waals surface area contributed by atoms with Gasteiger partial charge in [0.15, 0.2) is 0 Å². The molecule has 3 unspecified atom stereocenters. The van der Waals surface area contributed by atoms with Crippen molar-refractivity contribution < 1.29 is 18.3 Å². The third-order valence-corrected chi connectivity index (χ3v) is 4.29. The molecule has 1 aliphatic carbocycles. The Bertz CT molecular complexity index is 509. The molecule has 20 heavy (non-hydrogen) atoms. The lowest BCUT2D eigenvalue weighted by atomic mass is 9.95. The molecule has 0 aromatic heterocycles. The molecule has 1 heterocycles. The first kappa shape index (κ1) is 13.5. The molecule has 3 atom stereocenters. The highest BCUT2D eigenvalue weighted by Crippen LogP contribution is 2.48. The van der Waals surface area contributed by atoms with Crippen LogP contribution in [0.3, 0.4) is 0 Å². The zero-order chi connectivity index (χ0) is 14.7. The number of fused-ring (bicyclic) bond motifs is 5. The van der Waals surface area contributed by atoms with Crippen LogP contribution >= 0.6 is 0 Å². The van der Waals surface area contributed by atoms with E-state index >= 15 is 0 Å². The number of hydrogen-bond donors (Lipinski definition) is 3. The van der Waals surface area contributed by atoms with Crippen molar-refractivity contribution in [3.05, 3.63) is 23.3 Å². The fourth-order valence-electron chi connectivity index (χ4n) is 3.37. The van der Waals surface area contributed by atoms with Crippen LogP contribution < -0.4 is 11.5 Å². The molecule has 7 heteroatoms. The van der Waals surface area contributed by atoms with Crippen molar-refractivity contribution in [2.45, 2.75) is 30.7 Å². The molecule has 2 bridgehead atoms. The number of alkyl halides is 3. The number of anilines is 2. The molecule has 0 radical (unpaired) electrons. The average Bonchev–Trinajstić information content (AvgIpc) is 2.60. The van der Waals surface area contributed by atoms with Gasteiger partial charge in [-0.15, -0.1) is 0 Å². The summed E-state index contributed by atoms with van der Waals surface area (Å²) < 4.78 is 37.9. The maximum atomic E-state index is 12.6. The molecule has 1 fully saturated rings. The number of nitrogen functional groups attached to an aromatic ring is 2. The fraction of sp³-hybridized carbons (Fsp3) is 0.538. The van der Waals surface area contributed by atoms with Gasteiger partial charge in [0, 0.05) is 13.1 Å². The number of aliphatic hydroxyl groups excluding tert-OH is 1. The van der Waals surface area contributed by atoms with Gasteiger partial charge in [-0.05, 0) is 41.5 Å². The van der Waals surface area contributed by atoms with E-state index in [1.54, 1.807) is 12.1 Å². The Morgan fingerprint density at radius 3 is 1.95 bits per heavy atom. The maximum Gasteiger partial charge on any atom is 0.428 e. The number of rotatable bonds is 1. The molecule has 2 aliphatic rings.